The lowest BCUT2D eigenvalue weighted by Gasteiger charge is -2.36. The molecule has 0 radical (unpaired) electrons. The van der Waals surface area contributed by atoms with Crippen LogP contribution in [0.5, 0.6) is 11.5 Å². The van der Waals surface area contributed by atoms with Crippen molar-refractivity contribution in [3.05, 3.63) is 59.9 Å². The molecule has 0 aliphatic carbocycles. The standard InChI is InChI=1S/C20H20FNO3/c21-16-9-7-14(8-10-16)15-4-3-11-22(12-15)20(23)19-13-24-17-5-1-2-6-18(17)25-19/h1-2,5-10,15,19H,3-4,11-13H2/t15-,19-/m1/s1. The maximum atomic E-state index is 13.1. The molecule has 1 fully saturated rings. The number of hydrogen-bond acceptors (Lipinski definition) is 3. The Morgan fingerprint density at radius 2 is 1.84 bits per heavy atom. The van der Waals surface area contributed by atoms with Crippen LogP contribution in [-0.4, -0.2) is 36.6 Å². The van der Waals surface area contributed by atoms with E-state index >= 15 is 0 Å². The van der Waals surface area contributed by atoms with Crippen LogP contribution in [-0.2, 0) is 4.79 Å². The average Bonchev–Trinajstić information content (AvgIpc) is 2.68. The second-order valence-electron chi connectivity index (χ2n) is 6.54. The second kappa shape index (κ2) is 6.75. The maximum Gasteiger partial charge on any atom is 0.267 e. The molecule has 0 bridgehead atoms. The topological polar surface area (TPSA) is 38.8 Å². The lowest BCUT2D eigenvalue weighted by Crippen LogP contribution is -2.49. The van der Waals surface area contributed by atoms with Crippen molar-refractivity contribution in [2.45, 2.75) is 24.9 Å². The summed E-state index contributed by atoms with van der Waals surface area (Å²) in [4.78, 5) is 14.7. The molecule has 2 aliphatic heterocycles. The Balaban J connectivity index is 1.44. The van der Waals surface area contributed by atoms with Crippen molar-refractivity contribution in [3.8, 4) is 11.5 Å². The number of para-hydroxylation sites is 2. The first-order valence-corrected chi connectivity index (χ1v) is 8.63. The molecular weight excluding hydrogens is 321 g/mol. The quantitative estimate of drug-likeness (QED) is 0.841. The van der Waals surface area contributed by atoms with Gasteiger partial charge in [0.2, 0.25) is 6.10 Å². The number of halogens is 1. The zero-order chi connectivity index (χ0) is 17.2. The number of piperidine rings is 1. The summed E-state index contributed by atoms with van der Waals surface area (Å²) < 4.78 is 24.6. The molecule has 0 N–H and O–H groups in total. The number of likely N-dealkylation sites (tertiary alicyclic amines) is 1. The van der Waals surface area contributed by atoms with Crippen LogP contribution in [0.1, 0.15) is 24.3 Å². The van der Waals surface area contributed by atoms with E-state index in [4.69, 9.17) is 9.47 Å². The van der Waals surface area contributed by atoms with Crippen LogP contribution in [0.2, 0.25) is 0 Å². The molecule has 0 saturated carbocycles. The van der Waals surface area contributed by atoms with Gasteiger partial charge in [0.15, 0.2) is 11.5 Å². The van der Waals surface area contributed by atoms with E-state index in [1.165, 1.54) is 12.1 Å². The molecule has 2 atom stereocenters. The third-order valence-electron chi connectivity index (χ3n) is 4.86. The summed E-state index contributed by atoms with van der Waals surface area (Å²) in [7, 11) is 0. The highest BCUT2D eigenvalue weighted by atomic mass is 19.1. The Morgan fingerprint density at radius 3 is 2.64 bits per heavy atom. The highest BCUT2D eigenvalue weighted by Crippen LogP contribution is 2.32. The lowest BCUT2D eigenvalue weighted by molar-refractivity contribution is -0.142. The van der Waals surface area contributed by atoms with Crippen molar-refractivity contribution >= 4 is 5.91 Å². The van der Waals surface area contributed by atoms with Crippen molar-refractivity contribution < 1.29 is 18.7 Å². The largest absolute Gasteiger partial charge is 0.485 e. The number of carbonyl (C=O) groups excluding carboxylic acids is 1. The second-order valence-corrected chi connectivity index (χ2v) is 6.54. The average molecular weight is 341 g/mol. The van der Waals surface area contributed by atoms with Gasteiger partial charge in [-0.2, -0.15) is 0 Å². The van der Waals surface area contributed by atoms with Gasteiger partial charge in [-0.15, -0.1) is 0 Å². The van der Waals surface area contributed by atoms with E-state index < -0.39 is 6.10 Å². The van der Waals surface area contributed by atoms with Crippen LogP contribution in [0.4, 0.5) is 4.39 Å². The van der Waals surface area contributed by atoms with E-state index in [0.29, 0.717) is 18.0 Å². The van der Waals surface area contributed by atoms with Gasteiger partial charge in [-0.25, -0.2) is 4.39 Å². The molecule has 2 aliphatic rings. The number of nitrogens with zero attached hydrogens (tertiary/aromatic N) is 1. The zero-order valence-corrected chi connectivity index (χ0v) is 13.9. The minimum Gasteiger partial charge on any atom is -0.485 e. The van der Waals surface area contributed by atoms with Gasteiger partial charge in [0.05, 0.1) is 0 Å². The summed E-state index contributed by atoms with van der Waals surface area (Å²) >= 11 is 0. The molecule has 130 valence electrons. The molecule has 0 spiro atoms. The van der Waals surface area contributed by atoms with Crippen LogP contribution in [0, 0.1) is 5.82 Å². The number of fused-ring (bicyclic) bond motifs is 1. The molecule has 1 saturated heterocycles. The number of ether oxygens (including phenoxy) is 2. The van der Waals surface area contributed by atoms with E-state index in [1.807, 2.05) is 41.3 Å². The van der Waals surface area contributed by atoms with E-state index in [2.05, 4.69) is 0 Å². The SMILES string of the molecule is O=C([C@H]1COc2ccccc2O1)N1CCC[C@@H](c2ccc(F)cc2)C1. The van der Waals surface area contributed by atoms with Crippen LogP contribution in [0.3, 0.4) is 0 Å². The fraction of sp³-hybridized carbons (Fsp3) is 0.350. The van der Waals surface area contributed by atoms with Crippen LogP contribution in [0.15, 0.2) is 48.5 Å². The Kier molecular flexibility index (Phi) is 4.30. The summed E-state index contributed by atoms with van der Waals surface area (Å²) in [5.74, 6) is 1.24. The summed E-state index contributed by atoms with van der Waals surface area (Å²) in [6.07, 6.45) is 1.32. The normalized spacial score (nSPS) is 22.5. The molecular formula is C20H20FNO3. The summed E-state index contributed by atoms with van der Waals surface area (Å²) in [6, 6.07) is 14.0. The highest BCUT2D eigenvalue weighted by Gasteiger charge is 2.33. The first-order chi connectivity index (χ1) is 12.2. The predicted octanol–water partition coefficient (Wildman–Crippen LogP) is 3.37. The highest BCUT2D eigenvalue weighted by molar-refractivity contribution is 5.82. The molecule has 0 aromatic heterocycles. The fourth-order valence-corrected chi connectivity index (χ4v) is 3.53. The van der Waals surface area contributed by atoms with Crippen LogP contribution < -0.4 is 9.47 Å². The number of hydrogen-bond donors (Lipinski definition) is 0. The monoisotopic (exact) mass is 341 g/mol. The maximum absolute atomic E-state index is 13.1. The van der Waals surface area contributed by atoms with Gasteiger partial charge in [0.25, 0.3) is 5.91 Å². The Labute approximate surface area is 146 Å². The van der Waals surface area contributed by atoms with Gasteiger partial charge in [0, 0.05) is 19.0 Å². The van der Waals surface area contributed by atoms with Crippen LogP contribution in [0.25, 0.3) is 0 Å². The molecule has 0 unspecified atom stereocenters. The summed E-state index contributed by atoms with van der Waals surface area (Å²) in [6.45, 7) is 1.58. The minimum atomic E-state index is -0.609. The predicted molar refractivity (Wildman–Crippen MR) is 91.3 cm³/mol. The molecule has 4 nitrogen and oxygen atoms in total. The van der Waals surface area contributed by atoms with Crippen molar-refractivity contribution in [2.75, 3.05) is 19.7 Å². The van der Waals surface area contributed by atoms with Gasteiger partial charge in [-0.1, -0.05) is 24.3 Å². The smallest absolute Gasteiger partial charge is 0.267 e. The van der Waals surface area contributed by atoms with E-state index in [9.17, 15) is 9.18 Å². The third-order valence-corrected chi connectivity index (χ3v) is 4.86. The van der Waals surface area contributed by atoms with Crippen molar-refractivity contribution in [1.82, 2.24) is 4.90 Å². The molecule has 2 heterocycles. The third kappa shape index (κ3) is 3.31. The van der Waals surface area contributed by atoms with E-state index in [1.54, 1.807) is 0 Å². The van der Waals surface area contributed by atoms with Gasteiger partial charge in [0.1, 0.15) is 12.4 Å². The first-order valence-electron chi connectivity index (χ1n) is 8.63. The van der Waals surface area contributed by atoms with Gasteiger partial charge >= 0.3 is 0 Å². The lowest BCUT2D eigenvalue weighted by atomic mass is 9.90. The fourth-order valence-electron chi connectivity index (χ4n) is 3.53. The number of carbonyl (C=O) groups is 1. The van der Waals surface area contributed by atoms with E-state index in [-0.39, 0.29) is 24.2 Å². The van der Waals surface area contributed by atoms with Crippen molar-refractivity contribution in [1.29, 1.82) is 0 Å². The Morgan fingerprint density at radius 1 is 1.08 bits per heavy atom. The minimum absolute atomic E-state index is 0.0404. The summed E-state index contributed by atoms with van der Waals surface area (Å²) in [5.41, 5.74) is 1.07. The first kappa shape index (κ1) is 15.9. The number of amides is 1. The molecule has 2 aromatic carbocycles. The Bertz CT molecular complexity index is 762. The molecule has 5 heteroatoms. The number of benzene rings is 2. The molecule has 25 heavy (non-hydrogen) atoms. The van der Waals surface area contributed by atoms with Gasteiger partial charge in [-0.05, 0) is 42.7 Å². The number of rotatable bonds is 2. The zero-order valence-electron chi connectivity index (χ0n) is 13.9. The van der Waals surface area contributed by atoms with Crippen LogP contribution >= 0.6 is 0 Å². The Hall–Kier alpha value is -2.56. The molecule has 1 amide bonds. The summed E-state index contributed by atoms with van der Waals surface area (Å²) in [5, 5.41) is 0. The van der Waals surface area contributed by atoms with E-state index in [0.717, 1.165) is 24.9 Å². The molecule has 4 rings (SSSR count). The van der Waals surface area contributed by atoms with Crippen molar-refractivity contribution in [3.63, 3.8) is 0 Å². The molecule has 2 aromatic rings. The van der Waals surface area contributed by atoms with Gasteiger partial charge in [-0.3, -0.25) is 4.79 Å². The van der Waals surface area contributed by atoms with Gasteiger partial charge < -0.3 is 14.4 Å². The van der Waals surface area contributed by atoms with Crippen molar-refractivity contribution in [2.24, 2.45) is 0 Å².